The molecule has 9 heteroatoms. The Kier molecular flexibility index (Phi) is 6.46. The molecular weight excluding hydrogens is 368 g/mol. The quantitative estimate of drug-likeness (QED) is 0.725. The number of hydrogen-bond acceptors (Lipinski definition) is 5. The molecule has 2 rings (SSSR count). The fourth-order valence-corrected chi connectivity index (χ4v) is 3.67. The average molecular weight is 387 g/mol. The first-order chi connectivity index (χ1) is 11.8. The summed E-state index contributed by atoms with van der Waals surface area (Å²) in [5.41, 5.74) is 0. The summed E-state index contributed by atoms with van der Waals surface area (Å²) in [6.07, 6.45) is 1.49. The molecule has 1 aromatic heterocycles. The Labute approximate surface area is 151 Å². The highest BCUT2D eigenvalue weighted by atomic mass is 35.5. The average Bonchev–Trinajstić information content (AvgIpc) is 3.07. The van der Waals surface area contributed by atoms with Crippen LogP contribution in [0.4, 0.5) is 0 Å². The lowest BCUT2D eigenvalue weighted by Crippen LogP contribution is -2.44. The molecule has 136 valence electrons. The third kappa shape index (κ3) is 5.22. The van der Waals surface area contributed by atoms with Crippen LogP contribution in [0.1, 0.15) is 19.6 Å². The maximum Gasteiger partial charge on any atom is 0.245 e. The van der Waals surface area contributed by atoms with E-state index in [1.165, 1.54) is 31.4 Å². The van der Waals surface area contributed by atoms with Gasteiger partial charge in [0.05, 0.1) is 25.5 Å². The second kappa shape index (κ2) is 8.37. The molecule has 1 unspecified atom stereocenters. The van der Waals surface area contributed by atoms with Crippen molar-refractivity contribution in [1.82, 2.24) is 10.0 Å². The van der Waals surface area contributed by atoms with Gasteiger partial charge in [-0.15, -0.1) is 0 Å². The van der Waals surface area contributed by atoms with Gasteiger partial charge in [0.15, 0.2) is 0 Å². The van der Waals surface area contributed by atoms with Crippen LogP contribution < -0.4 is 14.8 Å². The molecule has 0 aliphatic heterocycles. The van der Waals surface area contributed by atoms with E-state index >= 15 is 0 Å². The number of furan rings is 1. The van der Waals surface area contributed by atoms with E-state index in [1.807, 2.05) is 0 Å². The number of carbonyl (C=O) groups is 1. The van der Waals surface area contributed by atoms with Crippen molar-refractivity contribution in [2.24, 2.45) is 0 Å². The van der Waals surface area contributed by atoms with Crippen LogP contribution in [-0.2, 0) is 21.4 Å². The molecule has 1 amide bonds. The van der Waals surface area contributed by atoms with Crippen molar-refractivity contribution in [3.63, 3.8) is 0 Å². The van der Waals surface area contributed by atoms with Crippen molar-refractivity contribution in [2.45, 2.75) is 31.3 Å². The molecule has 2 N–H and O–H groups in total. The lowest BCUT2D eigenvalue weighted by atomic mass is 10.3. The summed E-state index contributed by atoms with van der Waals surface area (Å²) in [5.74, 6) is 0.249. The molecule has 0 fully saturated rings. The second-order valence-corrected chi connectivity index (χ2v) is 7.28. The first kappa shape index (κ1) is 19.3. The molecule has 2 aromatic rings. The summed E-state index contributed by atoms with van der Waals surface area (Å²) < 4.78 is 37.9. The van der Waals surface area contributed by atoms with Gasteiger partial charge in [-0.25, -0.2) is 8.42 Å². The Morgan fingerprint density at radius 2 is 2.12 bits per heavy atom. The van der Waals surface area contributed by atoms with Crippen molar-refractivity contribution in [1.29, 1.82) is 0 Å². The first-order valence-corrected chi connectivity index (χ1v) is 9.44. The molecule has 0 saturated heterocycles. The van der Waals surface area contributed by atoms with E-state index in [0.29, 0.717) is 12.4 Å². The van der Waals surface area contributed by atoms with Gasteiger partial charge in [0, 0.05) is 5.02 Å². The van der Waals surface area contributed by atoms with Gasteiger partial charge in [-0.05, 0) is 44.2 Å². The molecular formula is C16H19ClN2O5S. The molecule has 7 nitrogen and oxygen atoms in total. The Morgan fingerprint density at radius 1 is 1.36 bits per heavy atom. The summed E-state index contributed by atoms with van der Waals surface area (Å²) >= 11 is 5.89. The zero-order valence-electron chi connectivity index (χ0n) is 13.8. The molecule has 0 radical (unpaired) electrons. The smallest absolute Gasteiger partial charge is 0.245 e. The Morgan fingerprint density at radius 3 is 2.76 bits per heavy atom. The lowest BCUT2D eigenvalue weighted by molar-refractivity contribution is -0.122. The number of sulfonamides is 1. The number of amides is 1. The number of halogens is 1. The van der Waals surface area contributed by atoms with Gasteiger partial charge < -0.3 is 14.5 Å². The van der Waals surface area contributed by atoms with Gasteiger partial charge in [0.25, 0.3) is 0 Å². The zero-order valence-corrected chi connectivity index (χ0v) is 15.4. The highest BCUT2D eigenvalue weighted by Crippen LogP contribution is 2.27. The van der Waals surface area contributed by atoms with E-state index in [0.717, 1.165) is 0 Å². The summed E-state index contributed by atoms with van der Waals surface area (Å²) in [6.45, 7) is 3.64. The molecule has 1 aromatic carbocycles. The molecule has 0 saturated carbocycles. The highest BCUT2D eigenvalue weighted by molar-refractivity contribution is 7.89. The Bertz CT molecular complexity index is 821. The molecule has 1 atom stereocenters. The van der Waals surface area contributed by atoms with Crippen molar-refractivity contribution in [3.8, 4) is 5.75 Å². The SMILES string of the molecule is CCOc1ccc(Cl)cc1S(=O)(=O)NC(C)C(=O)NCc1ccco1. The summed E-state index contributed by atoms with van der Waals surface area (Å²) in [4.78, 5) is 12.0. The molecule has 25 heavy (non-hydrogen) atoms. The van der Waals surface area contributed by atoms with Gasteiger partial charge >= 0.3 is 0 Å². The zero-order chi connectivity index (χ0) is 18.4. The lowest BCUT2D eigenvalue weighted by Gasteiger charge is -2.16. The van der Waals surface area contributed by atoms with Crippen molar-refractivity contribution >= 4 is 27.5 Å². The van der Waals surface area contributed by atoms with E-state index < -0.39 is 22.0 Å². The monoisotopic (exact) mass is 386 g/mol. The summed E-state index contributed by atoms with van der Waals surface area (Å²) in [6, 6.07) is 6.70. The predicted molar refractivity (Wildman–Crippen MR) is 93.0 cm³/mol. The van der Waals surface area contributed by atoms with Gasteiger partial charge in [0.2, 0.25) is 15.9 Å². The Balaban J connectivity index is 2.09. The fraction of sp³-hybridized carbons (Fsp3) is 0.312. The van der Waals surface area contributed by atoms with E-state index in [-0.39, 0.29) is 22.2 Å². The van der Waals surface area contributed by atoms with Crippen molar-refractivity contribution in [2.75, 3.05) is 6.61 Å². The van der Waals surface area contributed by atoms with E-state index in [9.17, 15) is 13.2 Å². The molecule has 0 bridgehead atoms. The largest absolute Gasteiger partial charge is 0.492 e. The number of rotatable bonds is 8. The van der Waals surface area contributed by atoms with E-state index in [4.69, 9.17) is 20.8 Å². The second-order valence-electron chi connectivity index (χ2n) is 5.16. The minimum absolute atomic E-state index is 0.118. The maximum absolute atomic E-state index is 12.6. The topological polar surface area (TPSA) is 97.6 Å². The van der Waals surface area contributed by atoms with Gasteiger partial charge in [-0.3, -0.25) is 4.79 Å². The van der Waals surface area contributed by atoms with Crippen LogP contribution in [-0.4, -0.2) is 27.0 Å². The van der Waals surface area contributed by atoms with Crippen LogP contribution in [0.5, 0.6) is 5.75 Å². The fourth-order valence-electron chi connectivity index (χ4n) is 2.06. The predicted octanol–water partition coefficient (Wildman–Crippen LogP) is 2.31. The molecule has 0 aliphatic rings. The normalized spacial score (nSPS) is 12.6. The third-order valence-corrected chi connectivity index (χ3v) is 5.03. The van der Waals surface area contributed by atoms with Gasteiger partial charge in [0.1, 0.15) is 16.4 Å². The maximum atomic E-state index is 12.6. The summed E-state index contributed by atoms with van der Waals surface area (Å²) in [5, 5.41) is 2.84. The van der Waals surface area contributed by atoms with Crippen LogP contribution in [0.15, 0.2) is 45.9 Å². The van der Waals surface area contributed by atoms with Crippen LogP contribution in [0, 0.1) is 0 Å². The minimum Gasteiger partial charge on any atom is -0.492 e. The van der Waals surface area contributed by atoms with Crippen LogP contribution in [0.3, 0.4) is 0 Å². The number of hydrogen-bond donors (Lipinski definition) is 2. The van der Waals surface area contributed by atoms with E-state index in [1.54, 1.807) is 19.1 Å². The van der Waals surface area contributed by atoms with Crippen LogP contribution in [0.25, 0.3) is 0 Å². The van der Waals surface area contributed by atoms with Gasteiger partial charge in [-0.1, -0.05) is 11.6 Å². The van der Waals surface area contributed by atoms with Crippen molar-refractivity contribution in [3.05, 3.63) is 47.4 Å². The number of carbonyl (C=O) groups excluding carboxylic acids is 1. The Hall–Kier alpha value is -2.03. The highest BCUT2D eigenvalue weighted by Gasteiger charge is 2.25. The first-order valence-electron chi connectivity index (χ1n) is 7.58. The van der Waals surface area contributed by atoms with Crippen LogP contribution >= 0.6 is 11.6 Å². The number of ether oxygens (including phenoxy) is 1. The molecule has 0 spiro atoms. The number of nitrogens with one attached hydrogen (secondary N) is 2. The molecule has 1 heterocycles. The molecule has 0 aliphatic carbocycles. The van der Waals surface area contributed by atoms with Gasteiger partial charge in [-0.2, -0.15) is 4.72 Å². The summed E-state index contributed by atoms with van der Waals surface area (Å²) in [7, 11) is -4.00. The minimum atomic E-state index is -4.00. The van der Waals surface area contributed by atoms with Crippen molar-refractivity contribution < 1.29 is 22.4 Å². The van der Waals surface area contributed by atoms with Crippen LogP contribution in [0.2, 0.25) is 5.02 Å². The van der Waals surface area contributed by atoms with E-state index in [2.05, 4.69) is 10.0 Å². The third-order valence-electron chi connectivity index (χ3n) is 3.24. The standard InChI is InChI=1S/C16H19ClN2O5S/c1-3-23-14-7-6-12(17)9-15(14)25(21,22)19-11(2)16(20)18-10-13-5-4-8-24-13/h4-9,11,19H,3,10H2,1-2H3,(H,18,20). The number of benzene rings is 1.